The van der Waals surface area contributed by atoms with Gasteiger partial charge in [-0.1, -0.05) is 72.8 Å². The van der Waals surface area contributed by atoms with Crippen molar-refractivity contribution in [2.45, 2.75) is 12.5 Å². The first-order chi connectivity index (χ1) is 18.1. The quantitative estimate of drug-likeness (QED) is 0.273. The van der Waals surface area contributed by atoms with Gasteiger partial charge in [-0.05, 0) is 60.0 Å². The third-order valence-corrected chi connectivity index (χ3v) is 6.20. The van der Waals surface area contributed by atoms with Crippen LogP contribution in [0, 0.1) is 5.82 Å². The summed E-state index contributed by atoms with van der Waals surface area (Å²) < 4.78 is 21.4. The minimum Gasteiger partial charge on any atom is -0.497 e. The summed E-state index contributed by atoms with van der Waals surface area (Å²) in [6.45, 7) is 0. The van der Waals surface area contributed by atoms with Crippen molar-refractivity contribution in [1.82, 2.24) is 15.1 Å². The van der Waals surface area contributed by atoms with Crippen LogP contribution < -0.4 is 10.1 Å². The second-order valence-electron chi connectivity index (χ2n) is 8.63. The summed E-state index contributed by atoms with van der Waals surface area (Å²) in [7, 11) is 1.59. The predicted octanol–water partition coefficient (Wildman–Crippen LogP) is 6.40. The summed E-state index contributed by atoms with van der Waals surface area (Å²) in [5.41, 5.74) is 3.76. The number of aromatic nitrogens is 2. The van der Waals surface area contributed by atoms with E-state index >= 15 is 0 Å². The molecule has 1 aromatic heterocycles. The molecule has 37 heavy (non-hydrogen) atoms. The van der Waals surface area contributed by atoms with Crippen LogP contribution in [0.15, 0.2) is 115 Å². The Balaban J connectivity index is 1.54. The van der Waals surface area contributed by atoms with Crippen LogP contribution >= 0.6 is 0 Å². The van der Waals surface area contributed by atoms with Crippen LogP contribution in [0.5, 0.6) is 5.75 Å². The molecule has 5 aromatic rings. The van der Waals surface area contributed by atoms with Crippen LogP contribution in [-0.4, -0.2) is 22.8 Å². The number of hydrogen-bond donors (Lipinski definition) is 1. The highest BCUT2D eigenvalue weighted by atomic mass is 19.1. The average Bonchev–Trinajstić information content (AvgIpc) is 3.39. The first kappa shape index (κ1) is 24.0. The van der Waals surface area contributed by atoms with Gasteiger partial charge in [0.1, 0.15) is 17.3 Å². The van der Waals surface area contributed by atoms with Crippen molar-refractivity contribution in [2.75, 3.05) is 7.11 Å². The Labute approximate surface area is 215 Å². The molecule has 5 nitrogen and oxygen atoms in total. The monoisotopic (exact) mass is 491 g/mol. The summed E-state index contributed by atoms with van der Waals surface area (Å²) in [6.07, 6.45) is 0.618. The number of nitrogens with one attached hydrogen (secondary N) is 1. The molecule has 0 aliphatic carbocycles. The maximum atomic E-state index is 14.6. The van der Waals surface area contributed by atoms with Gasteiger partial charge in [0, 0.05) is 5.56 Å². The Bertz CT molecular complexity index is 1480. The standard InChI is InChI=1S/C31H26FN3O2/c1-37-25-18-16-24(17-19-25)35-30(21-29(34-35)26-14-8-9-15-27(26)32)31(36)33-28(23-12-6-3-7-13-23)20-22-10-4-2-5-11-22/h2-19,21,28H,20H2,1H3,(H,33,36). The molecule has 0 saturated heterocycles. The van der Waals surface area contributed by atoms with E-state index in [0.29, 0.717) is 34.8 Å². The lowest BCUT2D eigenvalue weighted by atomic mass is 9.98. The molecule has 1 amide bonds. The number of methoxy groups -OCH3 is 1. The van der Waals surface area contributed by atoms with E-state index in [2.05, 4.69) is 10.4 Å². The van der Waals surface area contributed by atoms with Crippen LogP contribution in [0.3, 0.4) is 0 Å². The van der Waals surface area contributed by atoms with E-state index in [4.69, 9.17) is 4.74 Å². The Morgan fingerprint density at radius 2 is 1.54 bits per heavy atom. The number of rotatable bonds is 8. The van der Waals surface area contributed by atoms with Gasteiger partial charge < -0.3 is 10.1 Å². The molecule has 1 unspecified atom stereocenters. The molecule has 1 N–H and O–H groups in total. The van der Waals surface area contributed by atoms with E-state index in [9.17, 15) is 9.18 Å². The number of ether oxygens (including phenoxy) is 1. The van der Waals surface area contributed by atoms with Crippen LogP contribution in [-0.2, 0) is 6.42 Å². The molecule has 0 aliphatic rings. The van der Waals surface area contributed by atoms with Gasteiger partial charge in [-0.3, -0.25) is 4.79 Å². The number of carbonyl (C=O) groups is 1. The zero-order chi connectivity index (χ0) is 25.6. The topological polar surface area (TPSA) is 56.2 Å². The molecule has 0 aliphatic heterocycles. The zero-order valence-corrected chi connectivity index (χ0v) is 20.3. The summed E-state index contributed by atoms with van der Waals surface area (Å²) in [5, 5.41) is 7.82. The summed E-state index contributed by atoms with van der Waals surface area (Å²) in [5.74, 6) is -0.0287. The molecule has 0 saturated carbocycles. The van der Waals surface area contributed by atoms with Crippen molar-refractivity contribution >= 4 is 5.91 Å². The van der Waals surface area contributed by atoms with Crippen LogP contribution in [0.4, 0.5) is 4.39 Å². The molecule has 1 atom stereocenters. The molecular formula is C31H26FN3O2. The lowest BCUT2D eigenvalue weighted by molar-refractivity contribution is 0.0928. The smallest absolute Gasteiger partial charge is 0.270 e. The van der Waals surface area contributed by atoms with Crippen molar-refractivity contribution in [3.8, 4) is 22.7 Å². The molecule has 4 aromatic carbocycles. The molecule has 0 radical (unpaired) electrons. The number of amides is 1. The van der Waals surface area contributed by atoms with Crippen molar-refractivity contribution in [2.24, 2.45) is 0 Å². The van der Waals surface area contributed by atoms with Gasteiger partial charge in [-0.15, -0.1) is 0 Å². The van der Waals surface area contributed by atoms with E-state index in [1.54, 1.807) is 48.2 Å². The van der Waals surface area contributed by atoms with Crippen molar-refractivity contribution in [3.05, 3.63) is 138 Å². The fourth-order valence-electron chi connectivity index (χ4n) is 4.28. The van der Waals surface area contributed by atoms with Gasteiger partial charge in [0.2, 0.25) is 0 Å². The highest BCUT2D eigenvalue weighted by molar-refractivity contribution is 5.94. The SMILES string of the molecule is COc1ccc(-n2nc(-c3ccccc3F)cc2C(=O)NC(Cc2ccccc2)c2ccccc2)cc1. The fourth-order valence-corrected chi connectivity index (χ4v) is 4.28. The van der Waals surface area contributed by atoms with Gasteiger partial charge in [0.25, 0.3) is 5.91 Å². The molecule has 6 heteroatoms. The molecule has 0 fully saturated rings. The third kappa shape index (κ3) is 5.43. The van der Waals surface area contributed by atoms with Crippen molar-refractivity contribution in [3.63, 3.8) is 0 Å². The first-order valence-corrected chi connectivity index (χ1v) is 12.0. The highest BCUT2D eigenvalue weighted by Gasteiger charge is 2.23. The first-order valence-electron chi connectivity index (χ1n) is 12.0. The van der Waals surface area contributed by atoms with E-state index in [1.807, 2.05) is 72.8 Å². The second-order valence-corrected chi connectivity index (χ2v) is 8.63. The number of carbonyl (C=O) groups excluding carboxylic acids is 1. The normalized spacial score (nSPS) is 11.6. The van der Waals surface area contributed by atoms with E-state index in [0.717, 1.165) is 11.1 Å². The predicted molar refractivity (Wildman–Crippen MR) is 142 cm³/mol. The lowest BCUT2D eigenvalue weighted by Crippen LogP contribution is -2.31. The number of benzene rings is 4. The minimum atomic E-state index is -0.403. The van der Waals surface area contributed by atoms with E-state index in [1.165, 1.54) is 6.07 Å². The zero-order valence-electron chi connectivity index (χ0n) is 20.3. The largest absolute Gasteiger partial charge is 0.497 e. The molecule has 1 heterocycles. The summed E-state index contributed by atoms with van der Waals surface area (Å²) >= 11 is 0. The van der Waals surface area contributed by atoms with E-state index < -0.39 is 5.82 Å². The summed E-state index contributed by atoms with van der Waals surface area (Å²) in [6, 6.07) is 34.9. The molecule has 5 rings (SSSR count). The van der Waals surface area contributed by atoms with Gasteiger partial charge >= 0.3 is 0 Å². The Kier molecular flexibility index (Phi) is 7.08. The van der Waals surface area contributed by atoms with E-state index in [-0.39, 0.29) is 11.9 Å². The minimum absolute atomic E-state index is 0.271. The Morgan fingerprint density at radius 1 is 0.892 bits per heavy atom. The van der Waals surface area contributed by atoms with Crippen LogP contribution in [0.1, 0.15) is 27.7 Å². The maximum Gasteiger partial charge on any atom is 0.270 e. The summed E-state index contributed by atoms with van der Waals surface area (Å²) in [4.78, 5) is 13.8. The van der Waals surface area contributed by atoms with Crippen molar-refractivity contribution < 1.29 is 13.9 Å². The van der Waals surface area contributed by atoms with Crippen LogP contribution in [0.25, 0.3) is 16.9 Å². The van der Waals surface area contributed by atoms with Gasteiger partial charge in [-0.25, -0.2) is 9.07 Å². The number of nitrogens with zero attached hydrogens (tertiary/aromatic N) is 2. The lowest BCUT2D eigenvalue weighted by Gasteiger charge is -2.20. The highest BCUT2D eigenvalue weighted by Crippen LogP contribution is 2.26. The third-order valence-electron chi connectivity index (χ3n) is 6.20. The van der Waals surface area contributed by atoms with Crippen LogP contribution in [0.2, 0.25) is 0 Å². The van der Waals surface area contributed by atoms with Crippen molar-refractivity contribution in [1.29, 1.82) is 0 Å². The molecule has 0 bridgehead atoms. The Morgan fingerprint density at radius 3 is 2.22 bits per heavy atom. The molecular weight excluding hydrogens is 465 g/mol. The average molecular weight is 492 g/mol. The second kappa shape index (κ2) is 10.9. The fraction of sp³-hybridized carbons (Fsp3) is 0.0968. The molecule has 0 spiro atoms. The maximum absolute atomic E-state index is 14.6. The van der Waals surface area contributed by atoms with Gasteiger partial charge in [0.15, 0.2) is 0 Å². The number of halogens is 1. The number of hydrogen-bond acceptors (Lipinski definition) is 3. The van der Waals surface area contributed by atoms with Gasteiger partial charge in [0.05, 0.1) is 24.5 Å². The Hall–Kier alpha value is -4.71. The van der Waals surface area contributed by atoms with Gasteiger partial charge in [-0.2, -0.15) is 5.10 Å². The molecule has 184 valence electrons.